The summed E-state index contributed by atoms with van der Waals surface area (Å²) in [6.45, 7) is 3.27. The first-order chi connectivity index (χ1) is 5.33. The van der Waals surface area contributed by atoms with Gasteiger partial charge >= 0.3 is 0 Å². The number of nitrogens with zero attached hydrogens (tertiary/aromatic N) is 1. The van der Waals surface area contributed by atoms with Gasteiger partial charge in [-0.1, -0.05) is 0 Å². The Kier molecular flexibility index (Phi) is 4.22. The van der Waals surface area contributed by atoms with Crippen molar-refractivity contribution in [3.8, 4) is 0 Å². The van der Waals surface area contributed by atoms with E-state index < -0.39 is 0 Å². The molecule has 0 saturated carbocycles. The van der Waals surface area contributed by atoms with E-state index in [1.807, 2.05) is 0 Å². The first-order valence-corrected chi connectivity index (χ1v) is 4.36. The molecular formula is C7H15NO2S. The van der Waals surface area contributed by atoms with Crippen molar-refractivity contribution in [1.82, 2.24) is 4.90 Å². The van der Waals surface area contributed by atoms with Gasteiger partial charge in [0.05, 0.1) is 12.7 Å². The van der Waals surface area contributed by atoms with E-state index in [0.29, 0.717) is 6.61 Å². The second kappa shape index (κ2) is 4.98. The summed E-state index contributed by atoms with van der Waals surface area (Å²) in [4.78, 5) is 2.25. The third-order valence-corrected chi connectivity index (χ3v) is 2.08. The Morgan fingerprint density at radius 2 is 2.09 bits per heavy atom. The summed E-state index contributed by atoms with van der Waals surface area (Å²) in [5.74, 6) is 0. The Morgan fingerprint density at radius 1 is 1.45 bits per heavy atom. The summed E-state index contributed by atoms with van der Waals surface area (Å²) in [5, 5.41) is 9.29. The molecule has 0 aliphatic carbocycles. The topological polar surface area (TPSA) is 32.7 Å². The summed E-state index contributed by atoms with van der Waals surface area (Å²) < 4.78 is 4.53. The minimum atomic E-state index is -0.384. The van der Waals surface area contributed by atoms with E-state index in [4.69, 9.17) is 0 Å². The number of thiol groups is 1. The maximum absolute atomic E-state index is 9.29. The van der Waals surface area contributed by atoms with E-state index in [9.17, 15) is 5.11 Å². The van der Waals surface area contributed by atoms with Crippen molar-refractivity contribution in [1.29, 1.82) is 0 Å². The monoisotopic (exact) mass is 177 g/mol. The predicted molar refractivity (Wildman–Crippen MR) is 46.6 cm³/mol. The maximum Gasteiger partial charge on any atom is 0.0912 e. The Bertz CT molecular complexity index is 107. The number of aliphatic hydroxyl groups excluding tert-OH is 1. The average Bonchev–Trinajstić information content (AvgIpc) is 2.40. The lowest BCUT2D eigenvalue weighted by Gasteiger charge is -2.17. The first kappa shape index (κ1) is 9.32. The van der Waals surface area contributed by atoms with Crippen molar-refractivity contribution >= 4 is 12.9 Å². The number of hydrogen-bond donors (Lipinski definition) is 2. The molecule has 66 valence electrons. The molecule has 0 amide bonds. The molecule has 3 nitrogen and oxygen atoms in total. The van der Waals surface area contributed by atoms with Gasteiger partial charge < -0.3 is 14.2 Å². The highest BCUT2D eigenvalue weighted by molar-refractivity contribution is 7.75. The van der Waals surface area contributed by atoms with E-state index in [1.54, 1.807) is 0 Å². The molecule has 0 radical (unpaired) electrons. The lowest BCUT2D eigenvalue weighted by Crippen LogP contribution is -2.32. The van der Waals surface area contributed by atoms with Crippen LogP contribution in [-0.2, 0) is 4.18 Å². The largest absolute Gasteiger partial charge is 0.389 e. The van der Waals surface area contributed by atoms with Crippen LogP contribution in [0.5, 0.6) is 0 Å². The van der Waals surface area contributed by atoms with Crippen LogP contribution in [0.1, 0.15) is 12.8 Å². The number of likely N-dealkylation sites (tertiary alicyclic amines) is 1. The maximum atomic E-state index is 9.29. The molecule has 11 heavy (non-hydrogen) atoms. The lowest BCUT2D eigenvalue weighted by molar-refractivity contribution is 0.0849. The van der Waals surface area contributed by atoms with Crippen LogP contribution in [-0.4, -0.2) is 42.4 Å². The molecule has 1 heterocycles. The first-order valence-electron chi connectivity index (χ1n) is 3.99. The van der Waals surface area contributed by atoms with Crippen LogP contribution in [0.3, 0.4) is 0 Å². The van der Waals surface area contributed by atoms with Crippen LogP contribution in [0.4, 0.5) is 0 Å². The number of rotatable bonds is 4. The average molecular weight is 177 g/mol. The molecule has 1 N–H and O–H groups in total. The highest BCUT2D eigenvalue weighted by Gasteiger charge is 2.15. The van der Waals surface area contributed by atoms with Gasteiger partial charge in [0.15, 0.2) is 0 Å². The predicted octanol–water partition coefficient (Wildman–Crippen LogP) is 0.304. The molecular weight excluding hydrogens is 162 g/mol. The normalized spacial score (nSPS) is 22.4. The van der Waals surface area contributed by atoms with Gasteiger partial charge in [0.2, 0.25) is 0 Å². The third kappa shape index (κ3) is 3.42. The molecule has 1 atom stereocenters. The molecule has 0 bridgehead atoms. The molecule has 1 unspecified atom stereocenters. The second-order valence-corrected chi connectivity index (χ2v) is 3.22. The van der Waals surface area contributed by atoms with Crippen LogP contribution >= 0.6 is 12.9 Å². The quantitative estimate of drug-likeness (QED) is 0.479. The molecule has 1 aliphatic rings. The van der Waals surface area contributed by atoms with E-state index in [-0.39, 0.29) is 6.10 Å². The van der Waals surface area contributed by atoms with Crippen LogP contribution in [0, 0.1) is 0 Å². The standard InChI is InChI=1S/C7H15NO2S/c9-7(6-10-11)5-8-3-1-2-4-8/h7,9,11H,1-6H2. The second-order valence-electron chi connectivity index (χ2n) is 2.96. The molecule has 0 aromatic heterocycles. The van der Waals surface area contributed by atoms with Crippen molar-refractivity contribution in [3.05, 3.63) is 0 Å². The Hall–Kier alpha value is 0.230. The molecule has 1 aliphatic heterocycles. The van der Waals surface area contributed by atoms with Crippen molar-refractivity contribution < 1.29 is 9.29 Å². The Morgan fingerprint density at radius 3 is 2.64 bits per heavy atom. The smallest absolute Gasteiger partial charge is 0.0912 e. The zero-order valence-corrected chi connectivity index (χ0v) is 7.46. The number of hydrogen-bond acceptors (Lipinski definition) is 4. The summed E-state index contributed by atoms with van der Waals surface area (Å²) in [6, 6.07) is 0. The molecule has 0 aromatic carbocycles. The number of β-amino-alcohol motifs (C(OH)–C–C–N with tert-alkyl or cyclic N) is 1. The Balaban J connectivity index is 2.08. The van der Waals surface area contributed by atoms with E-state index in [2.05, 4.69) is 22.0 Å². The zero-order chi connectivity index (χ0) is 8.10. The van der Waals surface area contributed by atoms with Gasteiger partial charge in [0.25, 0.3) is 0 Å². The van der Waals surface area contributed by atoms with Crippen molar-refractivity contribution in [2.75, 3.05) is 26.2 Å². The molecule has 1 fully saturated rings. The van der Waals surface area contributed by atoms with Crippen LogP contribution in [0.2, 0.25) is 0 Å². The highest BCUT2D eigenvalue weighted by Crippen LogP contribution is 2.07. The van der Waals surface area contributed by atoms with Gasteiger partial charge in [-0.05, 0) is 38.8 Å². The molecule has 0 aromatic rings. The van der Waals surface area contributed by atoms with Gasteiger partial charge in [-0.3, -0.25) is 0 Å². The minimum absolute atomic E-state index is 0.319. The highest BCUT2D eigenvalue weighted by atomic mass is 32.1. The van der Waals surface area contributed by atoms with Crippen molar-refractivity contribution in [3.63, 3.8) is 0 Å². The van der Waals surface area contributed by atoms with E-state index in [0.717, 1.165) is 19.6 Å². The van der Waals surface area contributed by atoms with Crippen LogP contribution in [0.15, 0.2) is 0 Å². The minimum Gasteiger partial charge on any atom is -0.389 e. The SMILES string of the molecule is OC(COS)CN1CCCC1. The molecule has 0 spiro atoms. The fraction of sp³-hybridized carbons (Fsp3) is 1.00. The summed E-state index contributed by atoms with van der Waals surface area (Å²) in [6.07, 6.45) is 2.13. The lowest BCUT2D eigenvalue weighted by atomic mass is 10.3. The molecule has 4 heteroatoms. The van der Waals surface area contributed by atoms with Gasteiger partial charge in [0, 0.05) is 6.54 Å². The molecule has 1 rings (SSSR count). The van der Waals surface area contributed by atoms with Gasteiger partial charge in [-0.25, -0.2) is 0 Å². The Labute approximate surface area is 73.0 Å². The zero-order valence-electron chi connectivity index (χ0n) is 6.57. The third-order valence-electron chi connectivity index (χ3n) is 1.93. The van der Waals surface area contributed by atoms with E-state index >= 15 is 0 Å². The summed E-state index contributed by atoms with van der Waals surface area (Å²) in [5.41, 5.74) is 0. The van der Waals surface area contributed by atoms with Crippen LogP contribution in [0.25, 0.3) is 0 Å². The van der Waals surface area contributed by atoms with Crippen LogP contribution < -0.4 is 0 Å². The van der Waals surface area contributed by atoms with Gasteiger partial charge in [0.1, 0.15) is 0 Å². The van der Waals surface area contributed by atoms with Crippen molar-refractivity contribution in [2.45, 2.75) is 18.9 Å². The van der Waals surface area contributed by atoms with Gasteiger partial charge in [-0.2, -0.15) is 0 Å². The van der Waals surface area contributed by atoms with E-state index in [1.165, 1.54) is 12.8 Å². The summed E-state index contributed by atoms with van der Waals surface area (Å²) in [7, 11) is 0. The fourth-order valence-electron chi connectivity index (χ4n) is 1.40. The fourth-order valence-corrected chi connectivity index (χ4v) is 1.57. The molecule has 1 saturated heterocycles. The van der Waals surface area contributed by atoms with Gasteiger partial charge in [-0.15, -0.1) is 0 Å². The number of aliphatic hydroxyl groups is 1. The van der Waals surface area contributed by atoms with Crippen molar-refractivity contribution in [2.24, 2.45) is 0 Å². The summed E-state index contributed by atoms with van der Waals surface area (Å²) >= 11 is 3.58.